The lowest BCUT2D eigenvalue weighted by molar-refractivity contribution is -0.384. The molecule has 0 heterocycles. The molecule has 0 spiro atoms. The lowest BCUT2D eigenvalue weighted by atomic mass is 10.2. The summed E-state index contributed by atoms with van der Waals surface area (Å²) >= 11 is 0. The first-order valence-corrected chi connectivity index (χ1v) is 5.82. The number of carbonyl (C=O) groups is 1. The molecule has 0 saturated heterocycles. The Morgan fingerprint density at radius 2 is 1.86 bits per heavy atom. The Kier molecular flexibility index (Phi) is 3.94. The van der Waals surface area contributed by atoms with Gasteiger partial charge in [-0.1, -0.05) is 0 Å². The van der Waals surface area contributed by atoms with Crippen LogP contribution in [0.1, 0.15) is 15.9 Å². The molecule has 0 unspecified atom stereocenters. The topological polar surface area (TPSA) is 113 Å². The standard InChI is InChI=1S/C14H10N2O5/c17-13-6-3-10(7-12(13)14(18)19)15-8-9-1-4-11(5-2-9)16(20)21/h1-8,17H,(H,18,19). The number of aliphatic imine (C=N–C) groups is 1. The molecule has 106 valence electrons. The van der Waals surface area contributed by atoms with Gasteiger partial charge in [0, 0.05) is 18.3 Å². The van der Waals surface area contributed by atoms with E-state index in [2.05, 4.69) is 4.99 Å². The van der Waals surface area contributed by atoms with Crippen molar-refractivity contribution in [2.45, 2.75) is 0 Å². The number of nitro groups is 1. The number of hydrogen-bond acceptors (Lipinski definition) is 5. The van der Waals surface area contributed by atoms with Crippen molar-refractivity contribution >= 4 is 23.6 Å². The molecular weight excluding hydrogens is 276 g/mol. The second-order valence-corrected chi connectivity index (χ2v) is 4.11. The SMILES string of the molecule is O=C(O)c1cc(N=Cc2ccc([N+](=O)[O-])cc2)ccc1O. The van der Waals surface area contributed by atoms with Gasteiger partial charge in [-0.25, -0.2) is 4.79 Å². The quantitative estimate of drug-likeness (QED) is 0.509. The summed E-state index contributed by atoms with van der Waals surface area (Å²) in [5.41, 5.74) is 0.715. The van der Waals surface area contributed by atoms with Gasteiger partial charge >= 0.3 is 5.97 Å². The lowest BCUT2D eigenvalue weighted by Gasteiger charge is -2.00. The van der Waals surface area contributed by atoms with Crippen LogP contribution in [-0.2, 0) is 0 Å². The van der Waals surface area contributed by atoms with Gasteiger partial charge < -0.3 is 10.2 Å². The van der Waals surface area contributed by atoms with Crippen molar-refractivity contribution in [3.8, 4) is 5.75 Å². The van der Waals surface area contributed by atoms with Crippen LogP contribution < -0.4 is 0 Å². The minimum Gasteiger partial charge on any atom is -0.507 e. The van der Waals surface area contributed by atoms with Crippen LogP contribution in [0.5, 0.6) is 5.75 Å². The highest BCUT2D eigenvalue weighted by Gasteiger charge is 2.09. The highest BCUT2D eigenvalue weighted by molar-refractivity contribution is 5.92. The fourth-order valence-electron chi connectivity index (χ4n) is 1.61. The van der Waals surface area contributed by atoms with Gasteiger partial charge in [0.1, 0.15) is 11.3 Å². The summed E-state index contributed by atoms with van der Waals surface area (Å²) in [4.78, 5) is 25.0. The van der Waals surface area contributed by atoms with Gasteiger partial charge in [0.25, 0.3) is 5.69 Å². The zero-order valence-electron chi connectivity index (χ0n) is 10.6. The first-order chi connectivity index (χ1) is 9.97. The molecule has 2 rings (SSSR count). The number of aromatic carboxylic acids is 1. The Morgan fingerprint density at radius 1 is 1.19 bits per heavy atom. The summed E-state index contributed by atoms with van der Waals surface area (Å²) < 4.78 is 0. The Hall–Kier alpha value is -3.22. The maximum atomic E-state index is 10.9. The average Bonchev–Trinajstić information content (AvgIpc) is 2.46. The summed E-state index contributed by atoms with van der Waals surface area (Å²) in [5, 5.41) is 28.8. The molecule has 0 aromatic heterocycles. The third-order valence-electron chi connectivity index (χ3n) is 2.68. The Bertz CT molecular complexity index is 723. The van der Waals surface area contributed by atoms with E-state index in [9.17, 15) is 20.0 Å². The van der Waals surface area contributed by atoms with Gasteiger partial charge in [0.15, 0.2) is 0 Å². The first-order valence-electron chi connectivity index (χ1n) is 5.82. The van der Waals surface area contributed by atoms with Gasteiger partial charge in [-0.2, -0.15) is 0 Å². The lowest BCUT2D eigenvalue weighted by Crippen LogP contribution is -1.95. The summed E-state index contributed by atoms with van der Waals surface area (Å²) in [5.74, 6) is -1.59. The van der Waals surface area contributed by atoms with E-state index < -0.39 is 10.9 Å². The van der Waals surface area contributed by atoms with E-state index in [1.54, 1.807) is 0 Å². The van der Waals surface area contributed by atoms with Gasteiger partial charge in [-0.15, -0.1) is 0 Å². The molecule has 0 amide bonds. The molecule has 0 atom stereocenters. The predicted molar refractivity (Wildman–Crippen MR) is 75.4 cm³/mol. The largest absolute Gasteiger partial charge is 0.507 e. The normalized spacial score (nSPS) is 10.7. The van der Waals surface area contributed by atoms with Crippen molar-refractivity contribution in [2.75, 3.05) is 0 Å². The van der Waals surface area contributed by atoms with Crippen LogP contribution in [-0.4, -0.2) is 27.3 Å². The number of rotatable bonds is 4. The van der Waals surface area contributed by atoms with Crippen LogP contribution >= 0.6 is 0 Å². The number of non-ortho nitro benzene ring substituents is 1. The van der Waals surface area contributed by atoms with Crippen LogP contribution in [0.3, 0.4) is 0 Å². The van der Waals surface area contributed by atoms with Crippen molar-refractivity contribution in [1.29, 1.82) is 0 Å². The Morgan fingerprint density at radius 3 is 2.43 bits per heavy atom. The first kappa shape index (κ1) is 14.2. The molecule has 0 aliphatic carbocycles. The van der Waals surface area contributed by atoms with Gasteiger partial charge in [0.05, 0.1) is 10.6 Å². The fourth-order valence-corrected chi connectivity index (χ4v) is 1.61. The molecule has 7 heteroatoms. The zero-order valence-corrected chi connectivity index (χ0v) is 10.6. The van der Waals surface area contributed by atoms with Crippen LogP contribution in [0.15, 0.2) is 47.5 Å². The molecule has 21 heavy (non-hydrogen) atoms. The van der Waals surface area contributed by atoms with E-state index >= 15 is 0 Å². The molecule has 2 aromatic rings. The van der Waals surface area contributed by atoms with E-state index in [0.717, 1.165) is 0 Å². The van der Waals surface area contributed by atoms with Crippen molar-refractivity contribution in [1.82, 2.24) is 0 Å². The smallest absolute Gasteiger partial charge is 0.339 e. The van der Waals surface area contributed by atoms with Crippen molar-refractivity contribution in [3.05, 3.63) is 63.7 Å². The number of hydrogen-bond donors (Lipinski definition) is 2. The van der Waals surface area contributed by atoms with Crippen molar-refractivity contribution < 1.29 is 19.9 Å². The highest BCUT2D eigenvalue weighted by atomic mass is 16.6. The molecule has 7 nitrogen and oxygen atoms in total. The van der Waals surface area contributed by atoms with Crippen LogP contribution in [0.4, 0.5) is 11.4 Å². The Balaban J connectivity index is 2.23. The zero-order chi connectivity index (χ0) is 15.4. The van der Waals surface area contributed by atoms with E-state index in [0.29, 0.717) is 11.3 Å². The second-order valence-electron chi connectivity index (χ2n) is 4.11. The van der Waals surface area contributed by atoms with E-state index in [-0.39, 0.29) is 17.0 Å². The molecule has 0 bridgehead atoms. The Labute approximate surface area is 119 Å². The molecule has 2 N–H and O–H groups in total. The molecule has 2 aromatic carbocycles. The van der Waals surface area contributed by atoms with E-state index in [1.165, 1.54) is 48.7 Å². The summed E-state index contributed by atoms with van der Waals surface area (Å²) in [6, 6.07) is 9.69. The fraction of sp³-hybridized carbons (Fsp3) is 0. The van der Waals surface area contributed by atoms with Crippen molar-refractivity contribution in [2.24, 2.45) is 4.99 Å². The summed E-state index contributed by atoms with van der Waals surface area (Å²) in [6.45, 7) is 0. The number of nitrogens with zero attached hydrogens (tertiary/aromatic N) is 2. The third-order valence-corrected chi connectivity index (χ3v) is 2.68. The van der Waals surface area contributed by atoms with Crippen LogP contribution in [0.2, 0.25) is 0 Å². The maximum absolute atomic E-state index is 10.9. The average molecular weight is 286 g/mol. The molecular formula is C14H10N2O5. The highest BCUT2D eigenvalue weighted by Crippen LogP contribution is 2.23. The number of carboxylic acids is 1. The van der Waals surface area contributed by atoms with Crippen LogP contribution in [0, 0.1) is 10.1 Å². The number of benzene rings is 2. The summed E-state index contributed by atoms with van der Waals surface area (Å²) in [7, 11) is 0. The van der Waals surface area contributed by atoms with Gasteiger partial charge in [0.2, 0.25) is 0 Å². The molecule has 0 aliphatic rings. The number of aromatic hydroxyl groups is 1. The predicted octanol–water partition coefficient (Wildman–Crippen LogP) is 2.75. The maximum Gasteiger partial charge on any atom is 0.339 e. The van der Waals surface area contributed by atoms with Gasteiger partial charge in [-0.05, 0) is 35.9 Å². The minimum atomic E-state index is -1.25. The number of nitro benzene ring substituents is 1. The second kappa shape index (κ2) is 5.83. The van der Waals surface area contributed by atoms with Gasteiger partial charge in [-0.3, -0.25) is 15.1 Å². The summed E-state index contributed by atoms with van der Waals surface area (Å²) in [6.07, 6.45) is 1.45. The third kappa shape index (κ3) is 3.41. The minimum absolute atomic E-state index is 0.0232. The van der Waals surface area contributed by atoms with E-state index in [1.807, 2.05) is 0 Å². The monoisotopic (exact) mass is 286 g/mol. The molecule has 0 aliphatic heterocycles. The number of phenols is 1. The number of carboxylic acid groups (broad SMARTS) is 1. The van der Waals surface area contributed by atoms with E-state index in [4.69, 9.17) is 5.11 Å². The van der Waals surface area contributed by atoms with Crippen molar-refractivity contribution in [3.63, 3.8) is 0 Å². The molecule has 0 saturated carbocycles. The van der Waals surface area contributed by atoms with Crippen LogP contribution in [0.25, 0.3) is 0 Å². The molecule has 0 fully saturated rings. The molecule has 0 radical (unpaired) electrons.